The van der Waals surface area contributed by atoms with Gasteiger partial charge >= 0.3 is 0 Å². The van der Waals surface area contributed by atoms with Gasteiger partial charge in [0, 0.05) is 13.2 Å². The van der Waals surface area contributed by atoms with Crippen LogP contribution in [0.25, 0.3) is 0 Å². The fourth-order valence-corrected chi connectivity index (χ4v) is 3.86. The molecule has 0 saturated heterocycles. The summed E-state index contributed by atoms with van der Waals surface area (Å²) in [6.45, 7) is 13.0. The van der Waals surface area contributed by atoms with E-state index in [4.69, 9.17) is 33.2 Å². The molecule has 224 valence electrons. The van der Waals surface area contributed by atoms with Crippen molar-refractivity contribution in [3.63, 3.8) is 0 Å². The molecule has 0 aliphatic heterocycles. The van der Waals surface area contributed by atoms with Crippen molar-refractivity contribution in [2.45, 2.75) is 104 Å². The van der Waals surface area contributed by atoms with Crippen molar-refractivity contribution in [3.8, 4) is 0 Å². The molecule has 0 saturated carbocycles. The molecule has 0 spiro atoms. The Balaban J connectivity index is 3.00. The van der Waals surface area contributed by atoms with E-state index >= 15 is 0 Å². The summed E-state index contributed by atoms with van der Waals surface area (Å²) in [6.07, 6.45) is 19.4. The van der Waals surface area contributed by atoms with E-state index in [0.717, 1.165) is 19.6 Å². The summed E-state index contributed by atoms with van der Waals surface area (Å²) in [6, 6.07) is 0. The van der Waals surface area contributed by atoms with Crippen LogP contribution in [0.3, 0.4) is 0 Å². The van der Waals surface area contributed by atoms with Gasteiger partial charge in [-0.05, 0) is 13.3 Å². The molecule has 0 unspecified atom stereocenters. The number of unbranched alkanes of at least 4 members (excludes halogenated alkanes) is 13. The quantitative estimate of drug-likeness (QED) is 0.0861. The molecule has 0 radical (unpaired) electrons. The SMILES string of the molecule is CCCCCCCCCCCCCCCCOCCOCCOCCOCCOCCOCCOCC. The van der Waals surface area contributed by atoms with Gasteiger partial charge in [-0.3, -0.25) is 0 Å². The lowest BCUT2D eigenvalue weighted by Crippen LogP contribution is -2.14. The average molecular weight is 535 g/mol. The van der Waals surface area contributed by atoms with Crippen molar-refractivity contribution >= 4 is 0 Å². The second kappa shape index (κ2) is 35.7. The van der Waals surface area contributed by atoms with E-state index < -0.39 is 0 Å². The molecule has 0 aromatic carbocycles. The Hall–Kier alpha value is -0.280. The molecule has 0 heterocycles. The zero-order valence-electron chi connectivity index (χ0n) is 24.7. The van der Waals surface area contributed by atoms with Crippen LogP contribution in [0.1, 0.15) is 104 Å². The number of hydrogen-bond donors (Lipinski definition) is 0. The van der Waals surface area contributed by atoms with Crippen molar-refractivity contribution < 1.29 is 33.2 Å². The van der Waals surface area contributed by atoms with Crippen LogP contribution in [-0.4, -0.2) is 92.5 Å². The van der Waals surface area contributed by atoms with Gasteiger partial charge in [0.15, 0.2) is 0 Å². The fourth-order valence-electron chi connectivity index (χ4n) is 3.86. The van der Waals surface area contributed by atoms with Gasteiger partial charge < -0.3 is 33.2 Å². The summed E-state index contributed by atoms with van der Waals surface area (Å²) in [5, 5.41) is 0. The third-order valence-electron chi connectivity index (χ3n) is 6.08. The maximum atomic E-state index is 5.66. The van der Waals surface area contributed by atoms with Crippen molar-refractivity contribution in [1.29, 1.82) is 0 Å². The summed E-state index contributed by atoms with van der Waals surface area (Å²) in [5.41, 5.74) is 0. The van der Waals surface area contributed by atoms with Crippen LogP contribution in [0.2, 0.25) is 0 Å². The molecule has 0 atom stereocenters. The van der Waals surface area contributed by atoms with E-state index in [0.29, 0.717) is 79.3 Å². The van der Waals surface area contributed by atoms with Gasteiger partial charge in [0.2, 0.25) is 0 Å². The Labute approximate surface area is 229 Å². The van der Waals surface area contributed by atoms with Crippen molar-refractivity contribution in [2.75, 3.05) is 92.5 Å². The number of ether oxygens (including phenoxy) is 7. The molecule has 0 aliphatic rings. The van der Waals surface area contributed by atoms with Crippen LogP contribution in [0.5, 0.6) is 0 Å². The van der Waals surface area contributed by atoms with Crippen molar-refractivity contribution in [3.05, 3.63) is 0 Å². The van der Waals surface area contributed by atoms with E-state index in [2.05, 4.69) is 6.92 Å². The smallest absolute Gasteiger partial charge is 0.0701 e. The molecule has 0 bridgehead atoms. The second-order valence-corrected chi connectivity index (χ2v) is 9.47. The Bertz CT molecular complexity index is 351. The predicted octanol–water partition coefficient (Wildman–Crippen LogP) is 6.60. The van der Waals surface area contributed by atoms with Gasteiger partial charge in [0.1, 0.15) is 0 Å². The lowest BCUT2D eigenvalue weighted by Gasteiger charge is -2.08. The highest BCUT2D eigenvalue weighted by Gasteiger charge is 1.96. The molecule has 0 rings (SSSR count). The van der Waals surface area contributed by atoms with E-state index in [-0.39, 0.29) is 0 Å². The molecule has 7 heteroatoms. The predicted molar refractivity (Wildman–Crippen MR) is 152 cm³/mol. The first-order valence-electron chi connectivity index (χ1n) is 15.5. The van der Waals surface area contributed by atoms with Crippen molar-refractivity contribution in [1.82, 2.24) is 0 Å². The van der Waals surface area contributed by atoms with Crippen LogP contribution < -0.4 is 0 Å². The molecule has 0 aliphatic carbocycles. The van der Waals surface area contributed by atoms with Crippen molar-refractivity contribution in [2.24, 2.45) is 0 Å². The highest BCUT2D eigenvalue weighted by atomic mass is 16.6. The van der Waals surface area contributed by atoms with Crippen LogP contribution in [0.15, 0.2) is 0 Å². The van der Waals surface area contributed by atoms with E-state index in [1.807, 2.05) is 6.92 Å². The highest BCUT2D eigenvalue weighted by Crippen LogP contribution is 2.12. The summed E-state index contributed by atoms with van der Waals surface area (Å²) in [4.78, 5) is 0. The third-order valence-corrected chi connectivity index (χ3v) is 6.08. The van der Waals surface area contributed by atoms with Crippen LogP contribution in [0, 0.1) is 0 Å². The first-order chi connectivity index (χ1) is 18.4. The van der Waals surface area contributed by atoms with Gasteiger partial charge in [-0.2, -0.15) is 0 Å². The zero-order chi connectivity index (χ0) is 26.7. The topological polar surface area (TPSA) is 64.6 Å². The summed E-state index contributed by atoms with van der Waals surface area (Å²) in [7, 11) is 0. The van der Waals surface area contributed by atoms with Gasteiger partial charge in [-0.25, -0.2) is 0 Å². The van der Waals surface area contributed by atoms with Gasteiger partial charge in [-0.15, -0.1) is 0 Å². The highest BCUT2D eigenvalue weighted by molar-refractivity contribution is 4.49. The van der Waals surface area contributed by atoms with Gasteiger partial charge in [0.05, 0.1) is 79.3 Å². The summed E-state index contributed by atoms with van der Waals surface area (Å²) in [5.74, 6) is 0. The second-order valence-electron chi connectivity index (χ2n) is 9.47. The van der Waals surface area contributed by atoms with Crippen LogP contribution >= 0.6 is 0 Å². The minimum absolute atomic E-state index is 0.565. The average Bonchev–Trinajstić information content (AvgIpc) is 2.91. The Morgan fingerprint density at radius 1 is 0.243 bits per heavy atom. The third kappa shape index (κ3) is 35.7. The molecule has 7 nitrogen and oxygen atoms in total. The molecule has 0 amide bonds. The van der Waals surface area contributed by atoms with Gasteiger partial charge in [0.25, 0.3) is 0 Å². The Kier molecular flexibility index (Phi) is 35.4. The van der Waals surface area contributed by atoms with E-state index in [1.54, 1.807) is 0 Å². The fraction of sp³-hybridized carbons (Fsp3) is 1.00. The lowest BCUT2D eigenvalue weighted by atomic mass is 10.0. The molecular formula is C30H62O7. The summed E-state index contributed by atoms with van der Waals surface area (Å²) < 4.78 is 38.2. The standard InChI is InChI=1S/C30H62O7/c1-3-5-6-7-8-9-10-11-12-13-14-15-16-17-18-32-21-22-34-25-26-36-29-30-37-28-27-35-24-23-33-20-19-31-4-2/h3-30H2,1-2H3. The maximum Gasteiger partial charge on any atom is 0.0701 e. The molecular weight excluding hydrogens is 472 g/mol. The van der Waals surface area contributed by atoms with Gasteiger partial charge in [-0.1, -0.05) is 90.4 Å². The Morgan fingerprint density at radius 2 is 0.486 bits per heavy atom. The maximum absolute atomic E-state index is 5.66. The normalized spacial score (nSPS) is 11.5. The zero-order valence-corrected chi connectivity index (χ0v) is 24.7. The minimum Gasteiger partial charge on any atom is -0.379 e. The number of rotatable bonds is 34. The molecule has 0 fully saturated rings. The first kappa shape index (κ1) is 36.7. The molecule has 0 aromatic rings. The van der Waals surface area contributed by atoms with Crippen LogP contribution in [0.4, 0.5) is 0 Å². The van der Waals surface area contributed by atoms with E-state index in [9.17, 15) is 0 Å². The number of hydrogen-bond acceptors (Lipinski definition) is 7. The molecule has 0 aromatic heterocycles. The summed E-state index contributed by atoms with van der Waals surface area (Å²) >= 11 is 0. The lowest BCUT2D eigenvalue weighted by molar-refractivity contribution is -0.0202. The largest absolute Gasteiger partial charge is 0.379 e. The van der Waals surface area contributed by atoms with Crippen LogP contribution in [-0.2, 0) is 33.2 Å². The monoisotopic (exact) mass is 534 g/mol. The molecule has 37 heavy (non-hydrogen) atoms. The first-order valence-corrected chi connectivity index (χ1v) is 15.5. The minimum atomic E-state index is 0.565. The molecule has 0 N–H and O–H groups in total. The van der Waals surface area contributed by atoms with E-state index in [1.165, 1.54) is 83.5 Å². The Morgan fingerprint density at radius 3 is 0.784 bits per heavy atom.